The van der Waals surface area contributed by atoms with E-state index in [2.05, 4.69) is 0 Å². The van der Waals surface area contributed by atoms with Crippen molar-refractivity contribution in [2.24, 2.45) is 5.92 Å². The minimum absolute atomic E-state index is 0.0292. The molecule has 0 amide bonds. The van der Waals surface area contributed by atoms with Gasteiger partial charge in [0.05, 0.1) is 19.8 Å². The minimum Gasteiger partial charge on any atom is -0.394 e. The first kappa shape index (κ1) is 12.9. The number of hydrogen-bond donors (Lipinski definition) is 1. The van der Waals surface area contributed by atoms with E-state index in [4.69, 9.17) is 9.84 Å². The van der Waals surface area contributed by atoms with E-state index in [0.29, 0.717) is 19.8 Å². The smallest absolute Gasteiger partial charge is 0.166 e. The van der Waals surface area contributed by atoms with Crippen LogP contribution in [-0.4, -0.2) is 35.3 Å². The first-order chi connectivity index (χ1) is 7.65. The lowest BCUT2D eigenvalue weighted by atomic mass is 10.0. The fourth-order valence-electron chi connectivity index (χ4n) is 1.40. The second-order valence-corrected chi connectivity index (χ2v) is 3.99. The van der Waals surface area contributed by atoms with Crippen LogP contribution in [0.5, 0.6) is 0 Å². The van der Waals surface area contributed by atoms with Crippen LogP contribution in [0.4, 0.5) is 0 Å². The number of carbonyl (C=O) groups is 1. The van der Waals surface area contributed by atoms with Crippen molar-refractivity contribution in [1.82, 2.24) is 4.57 Å². The van der Waals surface area contributed by atoms with Crippen LogP contribution in [0.1, 0.15) is 24.2 Å². The Balaban J connectivity index is 2.42. The number of Topliss-reactive ketones (excluding diaryl/α,β-unsaturated/α-hetero) is 1. The van der Waals surface area contributed by atoms with Gasteiger partial charge in [-0.1, -0.05) is 13.8 Å². The maximum absolute atomic E-state index is 11.7. The Morgan fingerprint density at radius 1 is 1.50 bits per heavy atom. The summed E-state index contributed by atoms with van der Waals surface area (Å²) in [5, 5.41) is 8.52. The third-order valence-electron chi connectivity index (χ3n) is 2.29. The molecule has 0 saturated heterocycles. The van der Waals surface area contributed by atoms with Crippen LogP contribution in [0.25, 0.3) is 0 Å². The number of nitrogens with zero attached hydrogens (tertiary/aromatic N) is 1. The molecule has 1 aromatic rings. The number of ketones is 1. The van der Waals surface area contributed by atoms with Gasteiger partial charge in [0.15, 0.2) is 5.78 Å². The highest BCUT2D eigenvalue weighted by Crippen LogP contribution is 2.08. The summed E-state index contributed by atoms with van der Waals surface area (Å²) in [6.07, 6.45) is 3.71. The Bertz CT molecular complexity index is 331. The molecule has 0 radical (unpaired) electrons. The maximum Gasteiger partial charge on any atom is 0.166 e. The van der Waals surface area contributed by atoms with E-state index in [1.165, 1.54) is 0 Å². The molecule has 0 aliphatic rings. The zero-order valence-corrected chi connectivity index (χ0v) is 9.85. The van der Waals surface area contributed by atoms with Gasteiger partial charge in [-0.15, -0.1) is 0 Å². The topological polar surface area (TPSA) is 51.5 Å². The van der Waals surface area contributed by atoms with E-state index < -0.39 is 0 Å². The molecule has 4 nitrogen and oxygen atoms in total. The van der Waals surface area contributed by atoms with Gasteiger partial charge in [0.1, 0.15) is 0 Å². The molecule has 0 bridgehead atoms. The van der Waals surface area contributed by atoms with Crippen LogP contribution >= 0.6 is 0 Å². The number of ether oxygens (including phenoxy) is 1. The summed E-state index contributed by atoms with van der Waals surface area (Å²) in [5.41, 5.74) is 0.747. The predicted molar refractivity (Wildman–Crippen MR) is 61.5 cm³/mol. The Hall–Kier alpha value is -1.13. The van der Waals surface area contributed by atoms with E-state index in [-0.39, 0.29) is 18.3 Å². The van der Waals surface area contributed by atoms with Crippen molar-refractivity contribution in [3.05, 3.63) is 24.0 Å². The van der Waals surface area contributed by atoms with E-state index in [0.717, 1.165) is 5.56 Å². The number of carbonyl (C=O) groups excluding carboxylic acids is 1. The summed E-state index contributed by atoms with van der Waals surface area (Å²) >= 11 is 0. The molecule has 1 aromatic heterocycles. The lowest BCUT2D eigenvalue weighted by Crippen LogP contribution is -2.08. The summed E-state index contributed by atoms with van der Waals surface area (Å²) in [6, 6.07) is 1.83. The molecule has 1 N–H and O–H groups in total. The van der Waals surface area contributed by atoms with Gasteiger partial charge in [-0.2, -0.15) is 0 Å². The van der Waals surface area contributed by atoms with E-state index in [1.807, 2.05) is 36.9 Å². The molecule has 1 rings (SSSR count). The Morgan fingerprint density at radius 2 is 2.25 bits per heavy atom. The first-order valence-corrected chi connectivity index (χ1v) is 5.53. The molecular formula is C12H19NO3. The molecule has 4 heteroatoms. The van der Waals surface area contributed by atoms with Gasteiger partial charge >= 0.3 is 0 Å². The zero-order chi connectivity index (χ0) is 12.0. The highest BCUT2D eigenvalue weighted by atomic mass is 16.5. The van der Waals surface area contributed by atoms with Crippen molar-refractivity contribution in [3.8, 4) is 0 Å². The fraction of sp³-hybridized carbons (Fsp3) is 0.583. The van der Waals surface area contributed by atoms with Crippen LogP contribution < -0.4 is 0 Å². The van der Waals surface area contributed by atoms with Gasteiger partial charge in [0.25, 0.3) is 0 Å². The van der Waals surface area contributed by atoms with Crippen molar-refractivity contribution >= 4 is 5.78 Å². The van der Waals surface area contributed by atoms with E-state index in [1.54, 1.807) is 0 Å². The summed E-state index contributed by atoms with van der Waals surface area (Å²) < 4.78 is 7.07. The quantitative estimate of drug-likeness (QED) is 0.562. The summed E-state index contributed by atoms with van der Waals surface area (Å²) in [7, 11) is 0. The molecule has 0 atom stereocenters. The zero-order valence-electron chi connectivity index (χ0n) is 9.85. The third kappa shape index (κ3) is 3.79. The van der Waals surface area contributed by atoms with Crippen molar-refractivity contribution < 1.29 is 14.6 Å². The number of hydrogen-bond acceptors (Lipinski definition) is 3. The molecule has 0 aliphatic carbocycles. The normalized spacial score (nSPS) is 11.0. The average molecular weight is 225 g/mol. The summed E-state index contributed by atoms with van der Waals surface area (Å²) in [6.45, 7) is 5.44. The van der Waals surface area contributed by atoms with Gasteiger partial charge in [0, 0.05) is 30.4 Å². The highest BCUT2D eigenvalue weighted by molar-refractivity contribution is 5.97. The van der Waals surface area contributed by atoms with Crippen LogP contribution in [0.3, 0.4) is 0 Å². The summed E-state index contributed by atoms with van der Waals surface area (Å²) in [4.78, 5) is 11.7. The number of aliphatic hydroxyl groups is 1. The molecule has 0 saturated carbocycles. The van der Waals surface area contributed by atoms with Gasteiger partial charge in [-0.3, -0.25) is 4.79 Å². The van der Waals surface area contributed by atoms with Crippen LogP contribution in [-0.2, 0) is 11.3 Å². The number of aliphatic hydroxyl groups excluding tert-OH is 1. The second-order valence-electron chi connectivity index (χ2n) is 3.99. The minimum atomic E-state index is 0.0292. The van der Waals surface area contributed by atoms with Crippen molar-refractivity contribution in [2.75, 3.05) is 19.8 Å². The predicted octanol–water partition coefficient (Wildman–Crippen LogP) is 1.34. The maximum atomic E-state index is 11.7. The standard InChI is InChI=1S/C12H19NO3/c1-10(2)12(15)11-3-4-13(9-11)5-7-16-8-6-14/h3-4,9-10,14H,5-8H2,1-2H3. The fourth-order valence-corrected chi connectivity index (χ4v) is 1.40. The molecule has 0 aromatic carbocycles. The molecule has 0 unspecified atom stereocenters. The Labute approximate surface area is 95.8 Å². The van der Waals surface area contributed by atoms with Crippen LogP contribution in [0.15, 0.2) is 18.5 Å². The van der Waals surface area contributed by atoms with Gasteiger partial charge in [-0.05, 0) is 6.07 Å². The molecule has 16 heavy (non-hydrogen) atoms. The molecule has 0 fully saturated rings. The van der Waals surface area contributed by atoms with Crippen molar-refractivity contribution in [1.29, 1.82) is 0 Å². The van der Waals surface area contributed by atoms with Gasteiger partial charge in [0.2, 0.25) is 0 Å². The number of rotatable bonds is 7. The first-order valence-electron chi connectivity index (χ1n) is 5.53. The molecule has 0 aliphatic heterocycles. The van der Waals surface area contributed by atoms with Crippen LogP contribution in [0.2, 0.25) is 0 Å². The second kappa shape index (κ2) is 6.45. The monoisotopic (exact) mass is 225 g/mol. The lowest BCUT2D eigenvalue weighted by molar-refractivity contribution is 0.0869. The van der Waals surface area contributed by atoms with E-state index >= 15 is 0 Å². The van der Waals surface area contributed by atoms with Gasteiger partial charge in [-0.25, -0.2) is 0 Å². The highest BCUT2D eigenvalue weighted by Gasteiger charge is 2.11. The molecule has 90 valence electrons. The number of aromatic nitrogens is 1. The van der Waals surface area contributed by atoms with E-state index in [9.17, 15) is 4.79 Å². The lowest BCUT2D eigenvalue weighted by Gasteiger charge is -2.03. The largest absolute Gasteiger partial charge is 0.394 e. The average Bonchev–Trinajstić information content (AvgIpc) is 2.72. The van der Waals surface area contributed by atoms with Crippen molar-refractivity contribution in [2.45, 2.75) is 20.4 Å². The third-order valence-corrected chi connectivity index (χ3v) is 2.29. The molecule has 1 heterocycles. The Kier molecular flexibility index (Phi) is 5.22. The molecular weight excluding hydrogens is 206 g/mol. The molecule has 0 spiro atoms. The van der Waals surface area contributed by atoms with Gasteiger partial charge < -0.3 is 14.4 Å². The SMILES string of the molecule is CC(C)C(=O)c1ccn(CCOCCO)c1. The summed E-state index contributed by atoms with van der Waals surface area (Å²) in [5.74, 6) is 0.191. The Morgan fingerprint density at radius 3 is 2.88 bits per heavy atom. The van der Waals surface area contributed by atoms with Crippen LogP contribution in [0, 0.1) is 5.92 Å². The van der Waals surface area contributed by atoms with Crippen molar-refractivity contribution in [3.63, 3.8) is 0 Å².